The molecule has 0 radical (unpaired) electrons. The molecule has 4 nitrogen and oxygen atoms in total. The molecule has 2 N–H and O–H groups in total. The van der Waals surface area contributed by atoms with E-state index in [2.05, 4.69) is 10.0 Å². The van der Waals surface area contributed by atoms with Crippen LogP contribution < -0.4 is 10.0 Å². The lowest BCUT2D eigenvalue weighted by molar-refractivity contribution is 0.491. The van der Waals surface area contributed by atoms with Crippen molar-refractivity contribution in [3.8, 4) is 0 Å². The summed E-state index contributed by atoms with van der Waals surface area (Å²) in [4.78, 5) is 0.337. The molecule has 0 aliphatic carbocycles. The van der Waals surface area contributed by atoms with Gasteiger partial charge in [-0.1, -0.05) is 18.2 Å². The van der Waals surface area contributed by atoms with Gasteiger partial charge in [0, 0.05) is 12.1 Å². The maximum atomic E-state index is 12.2. The fourth-order valence-corrected chi connectivity index (χ4v) is 3.22. The first-order chi connectivity index (χ1) is 7.76. The molecular formula is C12H20N2O2S. The van der Waals surface area contributed by atoms with Crippen LogP contribution in [-0.4, -0.2) is 21.0 Å². The lowest BCUT2D eigenvalue weighted by Gasteiger charge is -2.21. The minimum atomic E-state index is -3.46. The van der Waals surface area contributed by atoms with Crippen LogP contribution in [0, 0.1) is 0 Å². The second-order valence-electron chi connectivity index (χ2n) is 4.99. The van der Waals surface area contributed by atoms with Gasteiger partial charge in [0.15, 0.2) is 0 Å². The van der Waals surface area contributed by atoms with Crippen molar-refractivity contribution in [2.45, 2.75) is 37.8 Å². The molecule has 1 aromatic rings. The number of hydrogen-bond acceptors (Lipinski definition) is 3. The molecule has 0 aliphatic heterocycles. The number of sulfonamides is 1. The topological polar surface area (TPSA) is 58.2 Å². The average molecular weight is 256 g/mol. The summed E-state index contributed by atoms with van der Waals surface area (Å²) in [5, 5.41) is 2.97. The maximum absolute atomic E-state index is 12.2. The zero-order valence-electron chi connectivity index (χ0n) is 10.7. The molecule has 0 heterocycles. The van der Waals surface area contributed by atoms with Crippen molar-refractivity contribution >= 4 is 10.0 Å². The van der Waals surface area contributed by atoms with Crippen molar-refractivity contribution in [2.75, 3.05) is 7.05 Å². The van der Waals surface area contributed by atoms with E-state index in [-0.39, 0.29) is 0 Å². The highest BCUT2D eigenvalue weighted by Gasteiger charge is 2.23. The first kappa shape index (κ1) is 14.2. The van der Waals surface area contributed by atoms with Crippen molar-refractivity contribution in [3.05, 3.63) is 29.8 Å². The van der Waals surface area contributed by atoms with E-state index in [1.165, 1.54) is 0 Å². The van der Waals surface area contributed by atoms with Crippen LogP contribution in [0.5, 0.6) is 0 Å². The van der Waals surface area contributed by atoms with Crippen LogP contribution in [0.2, 0.25) is 0 Å². The monoisotopic (exact) mass is 256 g/mol. The van der Waals surface area contributed by atoms with Crippen LogP contribution in [0.15, 0.2) is 29.2 Å². The van der Waals surface area contributed by atoms with E-state index in [1.807, 2.05) is 32.9 Å². The Morgan fingerprint density at radius 2 is 1.76 bits per heavy atom. The predicted molar refractivity (Wildman–Crippen MR) is 69.3 cm³/mol. The molecule has 1 rings (SSSR count). The molecule has 96 valence electrons. The van der Waals surface area contributed by atoms with E-state index < -0.39 is 15.6 Å². The van der Waals surface area contributed by atoms with E-state index in [0.29, 0.717) is 11.4 Å². The largest absolute Gasteiger partial charge is 0.316 e. The fraction of sp³-hybridized carbons (Fsp3) is 0.500. The van der Waals surface area contributed by atoms with Crippen LogP contribution in [0.1, 0.15) is 26.3 Å². The highest BCUT2D eigenvalue weighted by molar-refractivity contribution is 7.89. The molecule has 0 unspecified atom stereocenters. The third kappa shape index (κ3) is 4.11. The summed E-state index contributed by atoms with van der Waals surface area (Å²) in [5.41, 5.74) is 0.290. The Balaban J connectivity index is 3.15. The minimum absolute atomic E-state index is 0.337. The normalized spacial score (nSPS) is 12.7. The molecule has 17 heavy (non-hydrogen) atoms. The van der Waals surface area contributed by atoms with Gasteiger partial charge in [0.2, 0.25) is 10.0 Å². The van der Waals surface area contributed by atoms with Gasteiger partial charge in [0.1, 0.15) is 0 Å². The Kier molecular flexibility index (Phi) is 4.30. The predicted octanol–water partition coefficient (Wildman–Crippen LogP) is 1.48. The minimum Gasteiger partial charge on any atom is -0.316 e. The maximum Gasteiger partial charge on any atom is 0.241 e. The van der Waals surface area contributed by atoms with Gasteiger partial charge in [-0.15, -0.1) is 0 Å². The lowest BCUT2D eigenvalue weighted by atomic mass is 10.1. The zero-order chi connectivity index (χ0) is 13.1. The van der Waals surface area contributed by atoms with Crippen molar-refractivity contribution in [2.24, 2.45) is 0 Å². The van der Waals surface area contributed by atoms with Crippen molar-refractivity contribution in [1.29, 1.82) is 0 Å². The second kappa shape index (κ2) is 5.16. The first-order valence-electron chi connectivity index (χ1n) is 5.53. The van der Waals surface area contributed by atoms with Gasteiger partial charge < -0.3 is 5.32 Å². The molecule has 5 heteroatoms. The molecule has 1 aromatic carbocycles. The molecular weight excluding hydrogens is 236 g/mol. The second-order valence-corrected chi connectivity index (χ2v) is 6.64. The SMILES string of the molecule is CNCc1ccccc1S(=O)(=O)NC(C)(C)C. The summed E-state index contributed by atoms with van der Waals surface area (Å²) in [6.07, 6.45) is 0. The summed E-state index contributed by atoms with van der Waals surface area (Å²) in [7, 11) is -1.67. The van der Waals surface area contributed by atoms with Gasteiger partial charge >= 0.3 is 0 Å². The van der Waals surface area contributed by atoms with E-state index in [9.17, 15) is 8.42 Å². The van der Waals surface area contributed by atoms with E-state index in [1.54, 1.807) is 19.2 Å². The summed E-state index contributed by atoms with van der Waals surface area (Å²) >= 11 is 0. The lowest BCUT2D eigenvalue weighted by Crippen LogP contribution is -2.40. The molecule has 0 amide bonds. The van der Waals surface area contributed by atoms with Crippen LogP contribution in [-0.2, 0) is 16.6 Å². The van der Waals surface area contributed by atoms with Gasteiger partial charge in [0.05, 0.1) is 4.90 Å². The van der Waals surface area contributed by atoms with Crippen molar-refractivity contribution in [1.82, 2.24) is 10.0 Å². The summed E-state index contributed by atoms with van der Waals surface area (Å²) < 4.78 is 27.1. The Labute approximate surface area is 103 Å². The van der Waals surface area contributed by atoms with E-state index in [0.717, 1.165) is 5.56 Å². The number of nitrogens with one attached hydrogen (secondary N) is 2. The van der Waals surface area contributed by atoms with Crippen molar-refractivity contribution < 1.29 is 8.42 Å². The smallest absolute Gasteiger partial charge is 0.241 e. The summed E-state index contributed by atoms with van der Waals surface area (Å²) in [6.45, 7) is 6.00. The molecule has 0 fully saturated rings. The molecule has 0 saturated carbocycles. The highest BCUT2D eigenvalue weighted by atomic mass is 32.2. The van der Waals surface area contributed by atoms with E-state index >= 15 is 0 Å². The molecule has 0 saturated heterocycles. The van der Waals surface area contributed by atoms with E-state index in [4.69, 9.17) is 0 Å². The van der Waals surface area contributed by atoms with Gasteiger partial charge in [-0.2, -0.15) is 0 Å². The summed E-state index contributed by atoms with van der Waals surface area (Å²) in [6, 6.07) is 7.01. The molecule has 0 aliphatic rings. The van der Waals surface area contributed by atoms with Crippen molar-refractivity contribution in [3.63, 3.8) is 0 Å². The van der Waals surface area contributed by atoms with Gasteiger partial charge in [0.25, 0.3) is 0 Å². The Hall–Kier alpha value is -0.910. The molecule has 0 atom stereocenters. The highest BCUT2D eigenvalue weighted by Crippen LogP contribution is 2.17. The summed E-state index contributed by atoms with van der Waals surface area (Å²) in [5.74, 6) is 0. The Bertz CT molecular complexity index is 476. The van der Waals surface area contributed by atoms with Crippen LogP contribution >= 0.6 is 0 Å². The van der Waals surface area contributed by atoms with Gasteiger partial charge in [-0.3, -0.25) is 0 Å². The number of hydrogen-bond donors (Lipinski definition) is 2. The Morgan fingerprint density at radius 3 is 2.29 bits per heavy atom. The average Bonchev–Trinajstić information content (AvgIpc) is 2.15. The van der Waals surface area contributed by atoms with Crippen LogP contribution in [0.25, 0.3) is 0 Å². The van der Waals surface area contributed by atoms with Gasteiger partial charge in [-0.05, 0) is 39.4 Å². The number of benzene rings is 1. The third-order valence-electron chi connectivity index (χ3n) is 2.07. The number of rotatable bonds is 4. The standard InChI is InChI=1S/C12H20N2O2S/c1-12(2,3)14-17(15,16)11-8-6-5-7-10(11)9-13-4/h5-8,13-14H,9H2,1-4H3. The van der Waals surface area contributed by atoms with Crippen LogP contribution in [0.4, 0.5) is 0 Å². The van der Waals surface area contributed by atoms with Gasteiger partial charge in [-0.25, -0.2) is 13.1 Å². The van der Waals surface area contributed by atoms with Crippen LogP contribution in [0.3, 0.4) is 0 Å². The molecule has 0 spiro atoms. The first-order valence-corrected chi connectivity index (χ1v) is 7.01. The fourth-order valence-electron chi connectivity index (χ4n) is 1.56. The third-order valence-corrected chi connectivity index (χ3v) is 3.93. The Morgan fingerprint density at radius 1 is 1.18 bits per heavy atom. The molecule has 0 aromatic heterocycles. The zero-order valence-corrected chi connectivity index (χ0v) is 11.6. The molecule has 0 bridgehead atoms. The quantitative estimate of drug-likeness (QED) is 0.858.